The molecule has 3 heterocycles. The van der Waals surface area contributed by atoms with Gasteiger partial charge in [0.25, 0.3) is 0 Å². The van der Waals surface area contributed by atoms with Gasteiger partial charge in [0.2, 0.25) is 0 Å². The summed E-state index contributed by atoms with van der Waals surface area (Å²) in [6.45, 7) is 2.69. The van der Waals surface area contributed by atoms with Crippen molar-refractivity contribution in [2.75, 3.05) is 13.7 Å². The Balaban J connectivity index is 1.84. The highest BCUT2D eigenvalue weighted by Crippen LogP contribution is 2.44. The molecule has 1 aromatic heterocycles. The third kappa shape index (κ3) is 1.83. The van der Waals surface area contributed by atoms with Crippen LogP contribution >= 0.6 is 0 Å². The molecule has 0 amide bonds. The number of aliphatic imine (C=N–C) groups is 1. The van der Waals surface area contributed by atoms with Gasteiger partial charge in [-0.1, -0.05) is 35.9 Å². The number of hydrogen-bond donors (Lipinski definition) is 2. The van der Waals surface area contributed by atoms with Gasteiger partial charge in [-0.25, -0.2) is 9.79 Å². The number of nitrogens with one attached hydrogen (secondary N) is 2. The monoisotopic (exact) mass is 345 g/mol. The molecule has 0 spiro atoms. The van der Waals surface area contributed by atoms with Crippen molar-refractivity contribution in [3.05, 3.63) is 64.8 Å². The van der Waals surface area contributed by atoms with E-state index in [0.29, 0.717) is 12.3 Å². The summed E-state index contributed by atoms with van der Waals surface area (Å²) in [5, 5.41) is 4.64. The molecule has 26 heavy (non-hydrogen) atoms. The average molecular weight is 345 g/mol. The van der Waals surface area contributed by atoms with Crippen molar-refractivity contribution in [1.29, 1.82) is 0 Å². The molecular formula is C21H19N3O2. The van der Waals surface area contributed by atoms with E-state index in [9.17, 15) is 4.79 Å². The zero-order valence-corrected chi connectivity index (χ0v) is 14.7. The molecule has 2 aliphatic heterocycles. The third-order valence-electron chi connectivity index (χ3n) is 5.45. The number of ether oxygens (including phenoxy) is 1. The van der Waals surface area contributed by atoms with Gasteiger partial charge in [0.05, 0.1) is 18.5 Å². The van der Waals surface area contributed by atoms with Crippen molar-refractivity contribution in [3.63, 3.8) is 0 Å². The molecule has 2 aliphatic rings. The largest absolute Gasteiger partial charge is 0.467 e. The summed E-state index contributed by atoms with van der Waals surface area (Å²) >= 11 is 0. The van der Waals surface area contributed by atoms with Gasteiger partial charge < -0.3 is 9.72 Å². The highest BCUT2D eigenvalue weighted by molar-refractivity contribution is 6.24. The zero-order valence-electron chi connectivity index (χ0n) is 14.7. The predicted molar refractivity (Wildman–Crippen MR) is 101 cm³/mol. The Labute approximate surface area is 151 Å². The lowest BCUT2D eigenvalue weighted by Crippen LogP contribution is -2.54. The van der Waals surface area contributed by atoms with E-state index in [1.54, 1.807) is 0 Å². The smallest absolute Gasteiger partial charge is 0.337 e. The molecule has 1 unspecified atom stereocenters. The van der Waals surface area contributed by atoms with Gasteiger partial charge in [-0.15, -0.1) is 0 Å². The molecule has 5 heteroatoms. The van der Waals surface area contributed by atoms with Crippen LogP contribution in [0, 0.1) is 6.92 Å². The zero-order chi connectivity index (χ0) is 17.9. The topological polar surface area (TPSA) is 66.5 Å². The summed E-state index contributed by atoms with van der Waals surface area (Å²) in [5.74, 6) is -0.327. The molecule has 1 atom stereocenters. The average Bonchev–Trinajstić information content (AvgIpc) is 3.13. The molecule has 2 aromatic carbocycles. The molecule has 5 rings (SSSR count). The van der Waals surface area contributed by atoms with Crippen LogP contribution in [0.15, 0.2) is 47.5 Å². The van der Waals surface area contributed by atoms with E-state index in [-0.39, 0.29) is 5.97 Å². The number of para-hydroxylation sites is 1. The minimum Gasteiger partial charge on any atom is -0.467 e. The fourth-order valence-electron chi connectivity index (χ4n) is 4.27. The van der Waals surface area contributed by atoms with Crippen molar-refractivity contribution >= 4 is 28.3 Å². The van der Waals surface area contributed by atoms with Crippen LogP contribution in [-0.4, -0.2) is 30.3 Å². The van der Waals surface area contributed by atoms with Crippen LogP contribution in [0.3, 0.4) is 0 Å². The summed E-state index contributed by atoms with van der Waals surface area (Å²) in [5.41, 5.74) is 5.59. The molecule has 0 saturated heterocycles. The Morgan fingerprint density at radius 1 is 1.23 bits per heavy atom. The fourth-order valence-corrected chi connectivity index (χ4v) is 4.27. The first-order chi connectivity index (χ1) is 12.6. The SMILES string of the molecule is COC(=O)C12NCCc3c([nH]c4ccccc34)C1=Nc1ccc(C)cc12. The molecule has 0 radical (unpaired) electrons. The van der Waals surface area contributed by atoms with Gasteiger partial charge in [-0.3, -0.25) is 5.32 Å². The number of carbonyl (C=O) groups excluding carboxylic acids is 1. The van der Waals surface area contributed by atoms with Crippen molar-refractivity contribution < 1.29 is 9.53 Å². The number of aromatic amines is 1. The van der Waals surface area contributed by atoms with Crippen LogP contribution in [0.4, 0.5) is 5.69 Å². The first-order valence-corrected chi connectivity index (χ1v) is 8.79. The van der Waals surface area contributed by atoms with E-state index in [4.69, 9.17) is 9.73 Å². The van der Waals surface area contributed by atoms with Crippen molar-refractivity contribution in [3.8, 4) is 0 Å². The number of hydrogen-bond acceptors (Lipinski definition) is 4. The number of esters is 1. The van der Waals surface area contributed by atoms with Gasteiger partial charge >= 0.3 is 5.97 Å². The minimum absolute atomic E-state index is 0.327. The number of nitrogens with zero attached hydrogens (tertiary/aromatic N) is 1. The van der Waals surface area contributed by atoms with Gasteiger partial charge in [-0.2, -0.15) is 0 Å². The second-order valence-electron chi connectivity index (χ2n) is 6.92. The Hall–Kier alpha value is -2.92. The number of aryl methyl sites for hydroxylation is 1. The fraction of sp³-hybridized carbons (Fsp3) is 0.238. The predicted octanol–water partition coefficient (Wildman–Crippen LogP) is 3.12. The maximum absolute atomic E-state index is 13.0. The quantitative estimate of drug-likeness (QED) is 0.666. The van der Waals surface area contributed by atoms with Gasteiger partial charge in [-0.05, 0) is 31.0 Å². The second-order valence-corrected chi connectivity index (χ2v) is 6.92. The lowest BCUT2D eigenvalue weighted by molar-refractivity contribution is -0.145. The van der Waals surface area contributed by atoms with E-state index in [1.807, 2.05) is 37.3 Å². The van der Waals surface area contributed by atoms with Crippen LogP contribution in [0.2, 0.25) is 0 Å². The Morgan fingerprint density at radius 3 is 2.92 bits per heavy atom. The van der Waals surface area contributed by atoms with Crippen LogP contribution < -0.4 is 5.32 Å². The molecular weight excluding hydrogens is 326 g/mol. The number of carbonyl (C=O) groups is 1. The number of H-pyrrole nitrogens is 1. The first-order valence-electron chi connectivity index (χ1n) is 8.79. The van der Waals surface area contributed by atoms with Crippen molar-refractivity contribution in [2.45, 2.75) is 18.9 Å². The van der Waals surface area contributed by atoms with Crippen LogP contribution in [0.25, 0.3) is 10.9 Å². The van der Waals surface area contributed by atoms with Gasteiger partial charge in [0.15, 0.2) is 5.54 Å². The Bertz CT molecular complexity index is 1100. The molecule has 2 N–H and O–H groups in total. The number of benzene rings is 2. The number of rotatable bonds is 1. The van der Waals surface area contributed by atoms with Crippen molar-refractivity contribution in [1.82, 2.24) is 10.3 Å². The molecule has 0 aliphatic carbocycles. The van der Waals surface area contributed by atoms with Crippen LogP contribution in [0.5, 0.6) is 0 Å². The van der Waals surface area contributed by atoms with Crippen LogP contribution in [-0.2, 0) is 21.5 Å². The molecule has 130 valence electrons. The molecule has 0 fully saturated rings. The number of fused-ring (bicyclic) bond motifs is 7. The van der Waals surface area contributed by atoms with E-state index in [1.165, 1.54) is 18.1 Å². The number of aromatic nitrogens is 1. The maximum Gasteiger partial charge on any atom is 0.337 e. The summed E-state index contributed by atoms with van der Waals surface area (Å²) in [6, 6.07) is 14.2. The van der Waals surface area contributed by atoms with E-state index in [2.05, 4.69) is 22.4 Å². The molecule has 0 bridgehead atoms. The van der Waals surface area contributed by atoms with Gasteiger partial charge in [0.1, 0.15) is 5.71 Å². The summed E-state index contributed by atoms with van der Waals surface area (Å²) in [6.07, 6.45) is 0.818. The van der Waals surface area contributed by atoms with Crippen molar-refractivity contribution in [2.24, 2.45) is 4.99 Å². The standard InChI is InChI=1S/C21H19N3O2/c1-12-7-8-17-15(11-12)21(20(25)26-2)19(24-17)18-14(9-10-22-21)13-5-3-4-6-16(13)23-18/h3-8,11,22-23H,9-10H2,1-2H3. The first kappa shape index (κ1) is 15.3. The lowest BCUT2D eigenvalue weighted by Gasteiger charge is -2.29. The van der Waals surface area contributed by atoms with E-state index >= 15 is 0 Å². The maximum atomic E-state index is 13.0. The molecule has 3 aromatic rings. The second kappa shape index (κ2) is 5.29. The Kier molecular flexibility index (Phi) is 3.12. The van der Waals surface area contributed by atoms with E-state index < -0.39 is 5.54 Å². The lowest BCUT2D eigenvalue weighted by atomic mass is 9.84. The third-order valence-corrected chi connectivity index (χ3v) is 5.45. The summed E-state index contributed by atoms with van der Waals surface area (Å²) in [4.78, 5) is 21.4. The highest BCUT2D eigenvalue weighted by Gasteiger charge is 2.53. The number of methoxy groups -OCH3 is 1. The minimum atomic E-state index is -1.07. The molecule has 5 nitrogen and oxygen atoms in total. The summed E-state index contributed by atoms with van der Waals surface area (Å²) < 4.78 is 5.24. The summed E-state index contributed by atoms with van der Waals surface area (Å²) in [7, 11) is 1.43. The Morgan fingerprint density at radius 2 is 2.08 bits per heavy atom. The highest BCUT2D eigenvalue weighted by atomic mass is 16.5. The van der Waals surface area contributed by atoms with Crippen LogP contribution in [0.1, 0.15) is 22.4 Å². The van der Waals surface area contributed by atoms with E-state index in [0.717, 1.165) is 34.4 Å². The molecule has 0 saturated carbocycles. The normalized spacial score (nSPS) is 20.8. The van der Waals surface area contributed by atoms with Gasteiger partial charge in [0, 0.05) is 23.0 Å².